The largest absolute Gasteiger partial charge is 0.434 e. The molecular weight excluding hydrogens is 301 g/mol. The Kier molecular flexibility index (Phi) is 4.67. The molecule has 0 radical (unpaired) electrons. The molecule has 2 aromatic rings. The fourth-order valence-electron chi connectivity index (χ4n) is 1.84. The molecule has 0 saturated carbocycles. The van der Waals surface area contributed by atoms with Gasteiger partial charge in [-0.15, -0.1) is 11.3 Å². The minimum absolute atomic E-state index is 0.169. The number of alkyl halides is 3. The number of hydrogen-bond donors (Lipinski definition) is 1. The van der Waals surface area contributed by atoms with E-state index in [1.165, 1.54) is 6.20 Å². The fraction of sp³-hybridized carbons (Fsp3) is 0.538. The highest BCUT2D eigenvalue weighted by Gasteiger charge is 2.37. The normalized spacial score (nSPS) is 12.3. The first kappa shape index (κ1) is 16.0. The first-order chi connectivity index (χ1) is 9.79. The molecule has 8 heteroatoms. The molecular formula is C13H17F3N4S. The maximum Gasteiger partial charge on any atom is 0.434 e. The molecule has 2 aromatic heterocycles. The molecule has 116 valence electrons. The Labute approximate surface area is 125 Å². The molecule has 0 bridgehead atoms. The third-order valence-electron chi connectivity index (χ3n) is 2.84. The highest BCUT2D eigenvalue weighted by Crippen LogP contribution is 2.37. The molecule has 2 rings (SSSR count). The Morgan fingerprint density at radius 3 is 2.62 bits per heavy atom. The van der Waals surface area contributed by atoms with Crippen LogP contribution in [0.5, 0.6) is 0 Å². The number of halogens is 3. The van der Waals surface area contributed by atoms with Crippen LogP contribution in [0, 0.1) is 5.92 Å². The minimum Gasteiger partial charge on any atom is -0.332 e. The van der Waals surface area contributed by atoms with Gasteiger partial charge in [0.15, 0.2) is 5.69 Å². The summed E-state index contributed by atoms with van der Waals surface area (Å²) in [4.78, 5) is 7.90. The Hall–Kier alpha value is -1.41. The summed E-state index contributed by atoms with van der Waals surface area (Å²) < 4.78 is 40.9. The van der Waals surface area contributed by atoms with E-state index in [2.05, 4.69) is 15.3 Å². The number of rotatable bonds is 5. The van der Waals surface area contributed by atoms with Gasteiger partial charge in [-0.1, -0.05) is 13.8 Å². The summed E-state index contributed by atoms with van der Waals surface area (Å²) in [7, 11) is 1.73. The molecule has 0 saturated heterocycles. The van der Waals surface area contributed by atoms with E-state index >= 15 is 0 Å². The zero-order chi connectivity index (χ0) is 15.6. The van der Waals surface area contributed by atoms with Crippen molar-refractivity contribution in [3.63, 3.8) is 0 Å². The molecule has 0 aliphatic heterocycles. The van der Waals surface area contributed by atoms with Crippen molar-refractivity contribution in [2.75, 3.05) is 6.54 Å². The zero-order valence-corrected chi connectivity index (χ0v) is 12.8. The smallest absolute Gasteiger partial charge is 0.332 e. The third kappa shape index (κ3) is 3.82. The summed E-state index contributed by atoms with van der Waals surface area (Å²) in [5.74, 6) is 0.379. The Morgan fingerprint density at radius 2 is 2.10 bits per heavy atom. The van der Waals surface area contributed by atoms with Crippen LogP contribution < -0.4 is 5.32 Å². The fourth-order valence-corrected chi connectivity index (χ4v) is 2.94. The summed E-state index contributed by atoms with van der Waals surface area (Å²) in [6, 6.07) is 0. The van der Waals surface area contributed by atoms with Crippen molar-refractivity contribution in [1.29, 1.82) is 0 Å². The van der Waals surface area contributed by atoms with Gasteiger partial charge in [-0.3, -0.25) is 0 Å². The molecule has 0 atom stereocenters. The SMILES string of the molecule is CC(C)CNCc1sc(-c2cncn2C)nc1C(F)(F)F. The van der Waals surface area contributed by atoms with E-state index in [-0.39, 0.29) is 11.4 Å². The Morgan fingerprint density at radius 1 is 1.38 bits per heavy atom. The van der Waals surface area contributed by atoms with Gasteiger partial charge in [-0.05, 0) is 12.5 Å². The van der Waals surface area contributed by atoms with Crippen LogP contribution in [-0.4, -0.2) is 21.1 Å². The van der Waals surface area contributed by atoms with Gasteiger partial charge in [-0.25, -0.2) is 9.97 Å². The molecule has 0 aromatic carbocycles. The van der Waals surface area contributed by atoms with Crippen LogP contribution >= 0.6 is 11.3 Å². The number of aryl methyl sites for hydroxylation is 1. The van der Waals surface area contributed by atoms with Crippen LogP contribution in [0.1, 0.15) is 24.4 Å². The molecule has 0 fully saturated rings. The summed E-state index contributed by atoms with van der Waals surface area (Å²) in [5, 5.41) is 3.37. The van der Waals surface area contributed by atoms with Crippen molar-refractivity contribution < 1.29 is 13.2 Å². The van der Waals surface area contributed by atoms with Crippen molar-refractivity contribution >= 4 is 11.3 Å². The van der Waals surface area contributed by atoms with Gasteiger partial charge in [0, 0.05) is 13.6 Å². The molecule has 0 unspecified atom stereocenters. The molecule has 0 aliphatic carbocycles. The van der Waals surface area contributed by atoms with Gasteiger partial charge in [-0.2, -0.15) is 13.2 Å². The number of imidazole rings is 1. The number of hydrogen-bond acceptors (Lipinski definition) is 4. The lowest BCUT2D eigenvalue weighted by Gasteiger charge is -2.08. The molecule has 4 nitrogen and oxygen atoms in total. The molecule has 0 amide bonds. The van der Waals surface area contributed by atoms with Crippen LogP contribution in [-0.2, 0) is 19.8 Å². The van der Waals surface area contributed by atoms with Crippen LogP contribution in [0.4, 0.5) is 13.2 Å². The lowest BCUT2D eigenvalue weighted by molar-refractivity contribution is -0.141. The quantitative estimate of drug-likeness (QED) is 0.920. The number of aromatic nitrogens is 3. The topological polar surface area (TPSA) is 42.7 Å². The van der Waals surface area contributed by atoms with Gasteiger partial charge >= 0.3 is 6.18 Å². The Bertz CT molecular complexity index is 601. The van der Waals surface area contributed by atoms with Crippen LogP contribution in [0.15, 0.2) is 12.5 Å². The van der Waals surface area contributed by atoms with Gasteiger partial charge in [0.05, 0.1) is 23.1 Å². The lowest BCUT2D eigenvalue weighted by Crippen LogP contribution is -2.20. The highest BCUT2D eigenvalue weighted by atomic mass is 32.1. The van der Waals surface area contributed by atoms with E-state index in [0.717, 1.165) is 11.3 Å². The zero-order valence-electron chi connectivity index (χ0n) is 12.0. The van der Waals surface area contributed by atoms with Gasteiger partial charge < -0.3 is 9.88 Å². The van der Waals surface area contributed by atoms with E-state index in [9.17, 15) is 13.2 Å². The van der Waals surface area contributed by atoms with Crippen LogP contribution in [0.2, 0.25) is 0 Å². The van der Waals surface area contributed by atoms with Crippen molar-refractivity contribution in [3.8, 4) is 10.7 Å². The second-order valence-corrected chi connectivity index (χ2v) is 6.29. The monoisotopic (exact) mass is 318 g/mol. The van der Waals surface area contributed by atoms with E-state index < -0.39 is 11.9 Å². The van der Waals surface area contributed by atoms with E-state index in [4.69, 9.17) is 0 Å². The maximum absolute atomic E-state index is 13.1. The van der Waals surface area contributed by atoms with Crippen molar-refractivity contribution in [2.45, 2.75) is 26.6 Å². The van der Waals surface area contributed by atoms with E-state index in [1.807, 2.05) is 13.8 Å². The first-order valence-electron chi connectivity index (χ1n) is 6.53. The second kappa shape index (κ2) is 6.15. The predicted octanol–water partition coefficient (Wildman–Crippen LogP) is 3.31. The molecule has 2 heterocycles. The van der Waals surface area contributed by atoms with Gasteiger partial charge in [0.1, 0.15) is 5.01 Å². The van der Waals surface area contributed by atoms with E-state index in [1.54, 1.807) is 17.9 Å². The average molecular weight is 318 g/mol. The lowest BCUT2D eigenvalue weighted by atomic mass is 10.2. The predicted molar refractivity (Wildman–Crippen MR) is 75.9 cm³/mol. The molecule has 0 spiro atoms. The summed E-state index contributed by atoms with van der Waals surface area (Å²) in [5.41, 5.74) is -0.222. The van der Waals surface area contributed by atoms with Crippen molar-refractivity contribution in [3.05, 3.63) is 23.1 Å². The number of thiazole rings is 1. The van der Waals surface area contributed by atoms with Crippen molar-refractivity contribution in [2.24, 2.45) is 13.0 Å². The maximum atomic E-state index is 13.1. The first-order valence-corrected chi connectivity index (χ1v) is 7.35. The van der Waals surface area contributed by atoms with E-state index in [0.29, 0.717) is 23.2 Å². The summed E-state index contributed by atoms with van der Waals surface area (Å²) >= 11 is 1.06. The highest BCUT2D eigenvalue weighted by molar-refractivity contribution is 7.15. The van der Waals surface area contributed by atoms with Gasteiger partial charge in [0.2, 0.25) is 0 Å². The van der Waals surface area contributed by atoms with Crippen LogP contribution in [0.25, 0.3) is 10.7 Å². The third-order valence-corrected chi connectivity index (χ3v) is 3.92. The number of nitrogens with zero attached hydrogens (tertiary/aromatic N) is 3. The second-order valence-electron chi connectivity index (χ2n) is 5.20. The summed E-state index contributed by atoms with van der Waals surface area (Å²) in [6.45, 7) is 4.84. The number of nitrogens with one attached hydrogen (secondary N) is 1. The van der Waals surface area contributed by atoms with Crippen LogP contribution in [0.3, 0.4) is 0 Å². The molecule has 21 heavy (non-hydrogen) atoms. The Balaban J connectivity index is 2.30. The van der Waals surface area contributed by atoms with Crippen molar-refractivity contribution in [1.82, 2.24) is 19.9 Å². The average Bonchev–Trinajstić information content (AvgIpc) is 2.94. The summed E-state index contributed by atoms with van der Waals surface area (Å²) in [6.07, 6.45) is -1.38. The molecule has 1 N–H and O–H groups in total. The minimum atomic E-state index is -4.44. The standard InChI is InChI=1S/C13H17F3N4S/c1-8(2)4-17-6-10-11(13(14,15)16)19-12(21-10)9-5-18-7-20(9)3/h5,7-8,17H,4,6H2,1-3H3. The molecule has 0 aliphatic rings. The van der Waals surface area contributed by atoms with Gasteiger partial charge in [0.25, 0.3) is 0 Å².